The number of sulfonamides is 1. The summed E-state index contributed by atoms with van der Waals surface area (Å²) in [5.41, 5.74) is 2.86. The van der Waals surface area contributed by atoms with Crippen LogP contribution in [0.25, 0.3) is 11.8 Å². The number of carbonyl (C=O) groups excluding carboxylic acids is 2. The van der Waals surface area contributed by atoms with Crippen LogP contribution in [0.3, 0.4) is 0 Å². The standard InChI is InChI=1S/C28H30F2N2O6S/c1-18(2)26(31-39(35,36)15-14-21-8-6-5-7-9-21)27(34)37-17-25(33)24-16-19(3)32(20(24)4)22-10-12-23(13-11-22)38-28(29)30/h5-16,18,26,28,31H,17H2,1-4H3/b15-14+. The summed E-state index contributed by atoms with van der Waals surface area (Å²) in [6.45, 7) is 3.26. The summed E-state index contributed by atoms with van der Waals surface area (Å²) < 4.78 is 63.6. The van der Waals surface area contributed by atoms with Crippen molar-refractivity contribution in [1.29, 1.82) is 0 Å². The molecule has 0 bridgehead atoms. The van der Waals surface area contributed by atoms with Crippen molar-refractivity contribution in [3.63, 3.8) is 0 Å². The molecule has 208 valence electrons. The summed E-state index contributed by atoms with van der Waals surface area (Å²) in [5, 5.41) is 0.969. The Hall–Kier alpha value is -3.83. The monoisotopic (exact) mass is 560 g/mol. The number of alkyl halides is 2. The number of hydrogen-bond acceptors (Lipinski definition) is 6. The van der Waals surface area contributed by atoms with Crippen molar-refractivity contribution in [2.45, 2.75) is 40.3 Å². The van der Waals surface area contributed by atoms with Crippen molar-refractivity contribution in [2.75, 3.05) is 6.61 Å². The molecule has 3 rings (SSSR count). The van der Waals surface area contributed by atoms with Crippen LogP contribution in [0.1, 0.15) is 41.2 Å². The predicted octanol–water partition coefficient (Wildman–Crippen LogP) is 5.04. The summed E-state index contributed by atoms with van der Waals surface area (Å²) in [4.78, 5) is 25.7. The fourth-order valence-electron chi connectivity index (χ4n) is 3.93. The zero-order valence-corrected chi connectivity index (χ0v) is 22.7. The maximum Gasteiger partial charge on any atom is 0.387 e. The highest BCUT2D eigenvalue weighted by Gasteiger charge is 2.29. The molecule has 1 heterocycles. The van der Waals surface area contributed by atoms with Gasteiger partial charge in [-0.15, -0.1) is 0 Å². The molecule has 8 nitrogen and oxygen atoms in total. The van der Waals surface area contributed by atoms with Crippen LogP contribution in [0.2, 0.25) is 0 Å². The number of aryl methyl sites for hydroxylation is 1. The van der Waals surface area contributed by atoms with Crippen LogP contribution in [-0.2, 0) is 19.6 Å². The van der Waals surface area contributed by atoms with Gasteiger partial charge in [0.2, 0.25) is 15.8 Å². The predicted molar refractivity (Wildman–Crippen MR) is 143 cm³/mol. The Balaban J connectivity index is 1.68. The number of carbonyl (C=O) groups is 2. The number of nitrogens with one attached hydrogen (secondary N) is 1. The Kier molecular flexibility index (Phi) is 9.76. The maximum absolute atomic E-state index is 12.9. The van der Waals surface area contributed by atoms with Gasteiger partial charge in [-0.05, 0) is 61.7 Å². The number of benzene rings is 2. The Morgan fingerprint density at radius 2 is 1.67 bits per heavy atom. The SMILES string of the molecule is Cc1cc(C(=O)COC(=O)C(NS(=O)(=O)/C=C/c2ccccc2)C(C)C)c(C)n1-c1ccc(OC(F)F)cc1. The van der Waals surface area contributed by atoms with Crippen LogP contribution in [0, 0.1) is 19.8 Å². The van der Waals surface area contributed by atoms with Gasteiger partial charge in [-0.3, -0.25) is 9.59 Å². The van der Waals surface area contributed by atoms with Gasteiger partial charge in [-0.1, -0.05) is 44.2 Å². The first-order valence-corrected chi connectivity index (χ1v) is 13.6. The van der Waals surface area contributed by atoms with Crippen LogP contribution in [0.4, 0.5) is 8.78 Å². The third-order valence-electron chi connectivity index (χ3n) is 5.85. The molecule has 1 atom stereocenters. The van der Waals surface area contributed by atoms with E-state index in [0.29, 0.717) is 28.2 Å². The van der Waals surface area contributed by atoms with Gasteiger partial charge in [0.05, 0.1) is 0 Å². The molecule has 3 aromatic rings. The third-order valence-corrected chi connectivity index (χ3v) is 6.93. The summed E-state index contributed by atoms with van der Waals surface area (Å²) >= 11 is 0. The van der Waals surface area contributed by atoms with E-state index in [2.05, 4.69) is 9.46 Å². The molecule has 11 heteroatoms. The zero-order valence-electron chi connectivity index (χ0n) is 21.9. The molecule has 0 saturated carbocycles. The molecule has 39 heavy (non-hydrogen) atoms. The average Bonchev–Trinajstić information content (AvgIpc) is 3.19. The molecular weight excluding hydrogens is 530 g/mol. The summed E-state index contributed by atoms with van der Waals surface area (Å²) in [5.74, 6) is -1.80. The second kappa shape index (κ2) is 12.8. The number of hydrogen-bond donors (Lipinski definition) is 1. The second-order valence-electron chi connectivity index (χ2n) is 9.12. The van der Waals surface area contributed by atoms with Crippen LogP contribution in [0.15, 0.2) is 66.1 Å². The van der Waals surface area contributed by atoms with Crippen molar-refractivity contribution in [2.24, 2.45) is 5.92 Å². The van der Waals surface area contributed by atoms with Gasteiger partial charge in [-0.25, -0.2) is 8.42 Å². The quantitative estimate of drug-likeness (QED) is 0.246. The van der Waals surface area contributed by atoms with E-state index in [4.69, 9.17) is 4.74 Å². The molecular formula is C28H30F2N2O6S. The fourth-order valence-corrected chi connectivity index (χ4v) is 5.07. The number of nitrogens with zero attached hydrogens (tertiary/aromatic N) is 1. The molecule has 0 aliphatic rings. The normalized spacial score (nSPS) is 12.7. The molecule has 2 aromatic carbocycles. The molecule has 0 fully saturated rings. The number of ketones is 1. The first-order chi connectivity index (χ1) is 18.4. The largest absolute Gasteiger partial charge is 0.456 e. The minimum Gasteiger partial charge on any atom is -0.456 e. The minimum atomic E-state index is -3.98. The Labute approximate surface area is 226 Å². The molecule has 1 N–H and O–H groups in total. The highest BCUT2D eigenvalue weighted by molar-refractivity contribution is 7.92. The van der Waals surface area contributed by atoms with E-state index >= 15 is 0 Å². The van der Waals surface area contributed by atoms with Crippen molar-refractivity contribution < 1.29 is 36.3 Å². The summed E-state index contributed by atoms with van der Waals surface area (Å²) in [6.07, 6.45) is 1.41. The third kappa shape index (κ3) is 8.08. The van der Waals surface area contributed by atoms with E-state index in [9.17, 15) is 26.8 Å². The summed E-state index contributed by atoms with van der Waals surface area (Å²) in [7, 11) is -3.98. The molecule has 0 aliphatic carbocycles. The lowest BCUT2D eigenvalue weighted by Crippen LogP contribution is -2.45. The molecule has 0 amide bonds. The van der Waals surface area contributed by atoms with E-state index in [1.807, 2.05) is 0 Å². The molecule has 0 aliphatic heterocycles. The van der Waals surface area contributed by atoms with Gasteiger partial charge in [0.25, 0.3) is 0 Å². The highest BCUT2D eigenvalue weighted by atomic mass is 32.2. The number of halogens is 2. The first-order valence-electron chi connectivity index (χ1n) is 12.1. The van der Waals surface area contributed by atoms with E-state index in [1.165, 1.54) is 18.2 Å². The van der Waals surface area contributed by atoms with Crippen LogP contribution >= 0.6 is 0 Å². The van der Waals surface area contributed by atoms with E-state index in [0.717, 1.165) is 5.41 Å². The average molecular weight is 561 g/mol. The second-order valence-corrected chi connectivity index (χ2v) is 10.7. The lowest BCUT2D eigenvalue weighted by Gasteiger charge is -2.19. The number of ether oxygens (including phenoxy) is 2. The van der Waals surface area contributed by atoms with Crippen molar-refractivity contribution in [1.82, 2.24) is 9.29 Å². The van der Waals surface area contributed by atoms with Gasteiger partial charge in [0, 0.05) is 28.0 Å². The molecule has 0 saturated heterocycles. The Morgan fingerprint density at radius 3 is 2.26 bits per heavy atom. The number of esters is 1. The van der Waals surface area contributed by atoms with E-state index < -0.39 is 47.0 Å². The fraction of sp³-hybridized carbons (Fsp3) is 0.286. The molecule has 1 unspecified atom stereocenters. The van der Waals surface area contributed by atoms with E-state index in [-0.39, 0.29) is 5.75 Å². The van der Waals surface area contributed by atoms with Gasteiger partial charge in [0.15, 0.2) is 6.61 Å². The molecule has 1 aromatic heterocycles. The van der Waals surface area contributed by atoms with Crippen LogP contribution in [-0.4, -0.2) is 44.0 Å². The highest BCUT2D eigenvalue weighted by Crippen LogP contribution is 2.24. The van der Waals surface area contributed by atoms with E-state index in [1.54, 1.807) is 80.8 Å². The summed E-state index contributed by atoms with van der Waals surface area (Å²) in [6, 6.07) is 15.2. The maximum atomic E-state index is 12.9. The van der Waals surface area contributed by atoms with Crippen molar-refractivity contribution >= 4 is 27.9 Å². The number of aromatic nitrogens is 1. The van der Waals surface area contributed by atoms with Crippen LogP contribution < -0.4 is 9.46 Å². The number of Topliss-reactive ketones (excluding diaryl/α,β-unsaturated/α-hetero) is 1. The lowest BCUT2D eigenvalue weighted by atomic mass is 10.1. The van der Waals surface area contributed by atoms with Gasteiger partial charge < -0.3 is 14.0 Å². The van der Waals surface area contributed by atoms with Crippen molar-refractivity contribution in [3.8, 4) is 11.4 Å². The lowest BCUT2D eigenvalue weighted by molar-refractivity contribution is -0.145. The smallest absolute Gasteiger partial charge is 0.387 e. The Bertz CT molecular complexity index is 1430. The van der Waals surface area contributed by atoms with Gasteiger partial charge >= 0.3 is 12.6 Å². The molecule has 0 radical (unpaired) electrons. The minimum absolute atomic E-state index is 0.00492. The first kappa shape index (κ1) is 29.7. The van der Waals surface area contributed by atoms with Gasteiger partial charge in [0.1, 0.15) is 11.8 Å². The molecule has 0 spiro atoms. The topological polar surface area (TPSA) is 104 Å². The Morgan fingerprint density at radius 1 is 1.03 bits per heavy atom. The van der Waals surface area contributed by atoms with Gasteiger partial charge in [-0.2, -0.15) is 13.5 Å². The zero-order chi connectivity index (χ0) is 28.7. The number of rotatable bonds is 12. The van der Waals surface area contributed by atoms with Crippen LogP contribution in [0.5, 0.6) is 5.75 Å². The van der Waals surface area contributed by atoms with Crippen molar-refractivity contribution in [3.05, 3.63) is 88.6 Å².